The molecule has 1 aromatic heterocycles. The molecule has 0 aliphatic carbocycles. The van der Waals surface area contributed by atoms with Crippen LogP contribution in [0.5, 0.6) is 11.6 Å². The van der Waals surface area contributed by atoms with E-state index in [0.717, 1.165) is 35.4 Å². The number of nitrogens with one attached hydrogen (secondary N) is 1. The Bertz CT molecular complexity index is 951. The van der Waals surface area contributed by atoms with Crippen LogP contribution in [0, 0.1) is 0 Å². The van der Waals surface area contributed by atoms with Crippen molar-refractivity contribution >= 4 is 17.4 Å². The number of para-hydroxylation sites is 1. The fourth-order valence-electron chi connectivity index (χ4n) is 2.85. The van der Waals surface area contributed by atoms with E-state index < -0.39 is 6.23 Å². The van der Waals surface area contributed by atoms with Gasteiger partial charge in [-0.2, -0.15) is 4.98 Å². The molecule has 0 fully saturated rings. The first kappa shape index (κ1) is 17.6. The first-order chi connectivity index (χ1) is 13.2. The standard InChI is InChI=1S/C20H20N4O2S/c1-2-3-11-27-20-22-19-17(23-24-20)15-9-4-5-10-16(15)21-18(26-19)13-7-6-8-14(25)12-13/h4-10,12,18,21,25H,2-3,11H2,1H3. The van der Waals surface area contributed by atoms with E-state index in [2.05, 4.69) is 27.4 Å². The number of hydrogen-bond donors (Lipinski definition) is 2. The molecule has 1 unspecified atom stereocenters. The first-order valence-corrected chi connectivity index (χ1v) is 9.92. The Labute approximate surface area is 162 Å². The number of benzene rings is 2. The first-order valence-electron chi connectivity index (χ1n) is 8.93. The van der Waals surface area contributed by atoms with Crippen LogP contribution in [0.4, 0.5) is 5.69 Å². The number of phenols is 1. The third-order valence-electron chi connectivity index (χ3n) is 4.24. The van der Waals surface area contributed by atoms with Gasteiger partial charge in [0.05, 0.1) is 0 Å². The summed E-state index contributed by atoms with van der Waals surface area (Å²) < 4.78 is 6.18. The van der Waals surface area contributed by atoms with E-state index in [1.54, 1.807) is 30.0 Å². The van der Waals surface area contributed by atoms with E-state index in [-0.39, 0.29) is 5.75 Å². The number of thioether (sulfide) groups is 1. The van der Waals surface area contributed by atoms with Crippen molar-refractivity contribution in [2.45, 2.75) is 31.1 Å². The number of anilines is 1. The molecule has 1 atom stereocenters. The normalized spacial score (nSPS) is 15.1. The van der Waals surface area contributed by atoms with Gasteiger partial charge in [-0.1, -0.05) is 55.4 Å². The van der Waals surface area contributed by atoms with Gasteiger partial charge >= 0.3 is 0 Å². The Morgan fingerprint density at radius 1 is 1.15 bits per heavy atom. The van der Waals surface area contributed by atoms with Gasteiger partial charge in [-0.3, -0.25) is 0 Å². The molecule has 0 spiro atoms. The van der Waals surface area contributed by atoms with Crippen LogP contribution in [0.1, 0.15) is 31.6 Å². The van der Waals surface area contributed by atoms with E-state index >= 15 is 0 Å². The minimum atomic E-state index is -0.496. The van der Waals surface area contributed by atoms with Gasteiger partial charge in [0.1, 0.15) is 5.75 Å². The predicted molar refractivity (Wildman–Crippen MR) is 106 cm³/mol. The quantitative estimate of drug-likeness (QED) is 0.493. The number of phenolic OH excluding ortho intramolecular Hbond substituents is 1. The third kappa shape index (κ3) is 3.83. The van der Waals surface area contributed by atoms with Crippen molar-refractivity contribution in [3.63, 3.8) is 0 Å². The molecule has 0 saturated carbocycles. The summed E-state index contributed by atoms with van der Waals surface area (Å²) in [6, 6.07) is 14.8. The average Bonchev–Trinajstić information content (AvgIpc) is 2.85. The summed E-state index contributed by atoms with van der Waals surface area (Å²) in [5.41, 5.74) is 3.18. The van der Waals surface area contributed by atoms with Crippen LogP contribution in [0.3, 0.4) is 0 Å². The van der Waals surface area contributed by atoms with Crippen LogP contribution in [0.25, 0.3) is 11.3 Å². The molecule has 1 aliphatic heterocycles. The second-order valence-electron chi connectivity index (χ2n) is 6.23. The molecule has 0 amide bonds. The molecule has 6 nitrogen and oxygen atoms in total. The van der Waals surface area contributed by atoms with Crippen molar-refractivity contribution in [3.05, 3.63) is 54.1 Å². The van der Waals surface area contributed by atoms with Crippen molar-refractivity contribution in [3.8, 4) is 22.9 Å². The molecule has 2 heterocycles. The number of fused-ring (bicyclic) bond motifs is 3. The zero-order chi connectivity index (χ0) is 18.6. The molecule has 3 aromatic rings. The molecule has 27 heavy (non-hydrogen) atoms. The lowest BCUT2D eigenvalue weighted by atomic mass is 10.1. The largest absolute Gasteiger partial charge is 0.508 e. The lowest BCUT2D eigenvalue weighted by Gasteiger charge is -2.19. The zero-order valence-corrected chi connectivity index (χ0v) is 15.7. The van der Waals surface area contributed by atoms with Crippen LogP contribution in [0.15, 0.2) is 53.7 Å². The molecule has 2 aromatic carbocycles. The maximum atomic E-state index is 9.84. The Balaban J connectivity index is 1.74. The van der Waals surface area contributed by atoms with Gasteiger partial charge in [-0.15, -0.1) is 10.2 Å². The lowest BCUT2D eigenvalue weighted by Crippen LogP contribution is -2.17. The highest BCUT2D eigenvalue weighted by molar-refractivity contribution is 7.99. The van der Waals surface area contributed by atoms with Gasteiger partial charge < -0.3 is 15.2 Å². The molecule has 0 radical (unpaired) electrons. The van der Waals surface area contributed by atoms with Crippen LogP contribution < -0.4 is 10.1 Å². The van der Waals surface area contributed by atoms with Crippen molar-refractivity contribution < 1.29 is 9.84 Å². The second-order valence-corrected chi connectivity index (χ2v) is 7.30. The van der Waals surface area contributed by atoms with Gasteiger partial charge in [-0.05, 0) is 24.6 Å². The summed E-state index contributed by atoms with van der Waals surface area (Å²) in [7, 11) is 0. The fourth-order valence-corrected chi connectivity index (χ4v) is 3.72. The molecule has 1 aliphatic rings. The molecule has 7 heteroatoms. The lowest BCUT2D eigenvalue weighted by molar-refractivity contribution is 0.225. The van der Waals surface area contributed by atoms with Crippen LogP contribution in [0.2, 0.25) is 0 Å². The summed E-state index contributed by atoms with van der Waals surface area (Å²) in [6.45, 7) is 2.16. The fraction of sp³-hybridized carbons (Fsp3) is 0.250. The number of nitrogens with zero attached hydrogens (tertiary/aromatic N) is 3. The van der Waals surface area contributed by atoms with E-state index in [1.807, 2.05) is 30.3 Å². The maximum absolute atomic E-state index is 9.84. The van der Waals surface area contributed by atoms with Crippen LogP contribution in [-0.2, 0) is 0 Å². The molecule has 0 saturated heterocycles. The summed E-state index contributed by atoms with van der Waals surface area (Å²) >= 11 is 1.58. The highest BCUT2D eigenvalue weighted by Crippen LogP contribution is 2.39. The van der Waals surface area contributed by atoms with Gasteiger partial charge in [0.25, 0.3) is 0 Å². The van der Waals surface area contributed by atoms with Gasteiger partial charge in [0, 0.05) is 22.6 Å². The van der Waals surface area contributed by atoms with Gasteiger partial charge in [-0.25, -0.2) is 0 Å². The molecule has 0 bridgehead atoms. The van der Waals surface area contributed by atoms with Crippen molar-refractivity contribution in [1.29, 1.82) is 0 Å². The molecular formula is C20H20N4O2S. The van der Waals surface area contributed by atoms with Gasteiger partial charge in [0.15, 0.2) is 11.9 Å². The predicted octanol–water partition coefficient (Wildman–Crippen LogP) is 4.64. The molecule has 4 rings (SSSR count). The van der Waals surface area contributed by atoms with Crippen LogP contribution >= 0.6 is 11.8 Å². The minimum Gasteiger partial charge on any atom is -0.508 e. The second kappa shape index (κ2) is 7.84. The third-order valence-corrected chi connectivity index (χ3v) is 5.16. The topological polar surface area (TPSA) is 80.2 Å². The number of unbranched alkanes of at least 4 members (excludes halogenated alkanes) is 1. The number of hydrogen-bond acceptors (Lipinski definition) is 7. The van der Waals surface area contributed by atoms with E-state index in [0.29, 0.717) is 16.7 Å². The average molecular weight is 380 g/mol. The maximum Gasteiger partial charge on any atom is 0.247 e. The monoisotopic (exact) mass is 380 g/mol. The van der Waals surface area contributed by atoms with Gasteiger partial charge in [0.2, 0.25) is 11.0 Å². The minimum absolute atomic E-state index is 0.187. The molecule has 2 N–H and O–H groups in total. The number of aromatic nitrogens is 3. The summed E-state index contributed by atoms with van der Waals surface area (Å²) in [5.74, 6) is 1.57. The molecular weight excluding hydrogens is 360 g/mol. The summed E-state index contributed by atoms with van der Waals surface area (Å²) in [5, 5.41) is 22.5. The zero-order valence-electron chi connectivity index (χ0n) is 14.9. The van der Waals surface area contributed by atoms with E-state index in [1.165, 1.54) is 0 Å². The molecule has 138 valence electrons. The highest BCUT2D eigenvalue weighted by atomic mass is 32.2. The van der Waals surface area contributed by atoms with Crippen LogP contribution in [-0.4, -0.2) is 26.0 Å². The Morgan fingerprint density at radius 3 is 2.89 bits per heavy atom. The van der Waals surface area contributed by atoms with Crippen molar-refractivity contribution in [1.82, 2.24) is 15.2 Å². The van der Waals surface area contributed by atoms with E-state index in [4.69, 9.17) is 4.74 Å². The summed E-state index contributed by atoms with van der Waals surface area (Å²) in [6.07, 6.45) is 1.73. The van der Waals surface area contributed by atoms with Crippen molar-refractivity contribution in [2.24, 2.45) is 0 Å². The Hall–Kier alpha value is -2.80. The number of rotatable bonds is 5. The number of ether oxygens (including phenoxy) is 1. The highest BCUT2D eigenvalue weighted by Gasteiger charge is 2.26. The van der Waals surface area contributed by atoms with Crippen molar-refractivity contribution in [2.75, 3.05) is 11.1 Å². The SMILES string of the molecule is CCCCSc1nnc2c(n1)OC(c1cccc(O)c1)Nc1ccccc1-2. The smallest absolute Gasteiger partial charge is 0.247 e. The number of aromatic hydroxyl groups is 1. The Kier molecular flexibility index (Phi) is 5.11. The summed E-state index contributed by atoms with van der Waals surface area (Å²) in [4.78, 5) is 4.61. The van der Waals surface area contributed by atoms with E-state index in [9.17, 15) is 5.11 Å². The Morgan fingerprint density at radius 2 is 2.04 bits per heavy atom.